The normalized spacial score (nSPS) is 14.6. The Morgan fingerprint density at radius 2 is 2.25 bits per heavy atom. The molecule has 0 aliphatic heterocycles. The lowest BCUT2D eigenvalue weighted by Gasteiger charge is -2.24. The number of rotatable bonds is 8. The first kappa shape index (κ1) is 14.8. The quantitative estimate of drug-likeness (QED) is 0.750. The third-order valence-electron chi connectivity index (χ3n) is 3.24. The molecule has 3 N–H and O–H groups in total. The van der Waals surface area contributed by atoms with E-state index in [0.717, 1.165) is 18.9 Å². The van der Waals surface area contributed by atoms with Gasteiger partial charge in [-0.05, 0) is 30.4 Å². The summed E-state index contributed by atoms with van der Waals surface area (Å²) >= 11 is 0. The van der Waals surface area contributed by atoms with Crippen LogP contribution in [0.2, 0.25) is 0 Å². The zero-order valence-electron chi connectivity index (χ0n) is 12.3. The minimum absolute atomic E-state index is 0.213. The lowest BCUT2D eigenvalue weighted by atomic mass is 10.2. The summed E-state index contributed by atoms with van der Waals surface area (Å²) in [4.78, 5) is 17.6. The average molecular weight is 276 g/mol. The largest absolute Gasteiger partial charge is 0.368 e. The maximum Gasteiger partial charge on any atom is 0.236 e. The van der Waals surface area contributed by atoms with E-state index in [0.29, 0.717) is 12.0 Å². The summed E-state index contributed by atoms with van der Waals surface area (Å²) in [5.74, 6) is 0.937. The van der Waals surface area contributed by atoms with Crippen molar-refractivity contribution in [1.82, 2.24) is 10.3 Å². The predicted octanol–water partition coefficient (Wildman–Crippen LogP) is 1.28. The molecule has 2 rings (SSSR count). The molecule has 0 radical (unpaired) electrons. The first-order chi connectivity index (χ1) is 9.54. The molecule has 1 heterocycles. The standard InChI is InChI=1S/C15H24N4O/c1-11(2)9-19(10-14(16)20)15-6-3-12(8-18-15)7-17-13-4-5-13/h3,6,8,11,13,17H,4-5,7,9-10H2,1-2H3,(H2,16,20). The van der Waals surface area contributed by atoms with Crippen LogP contribution in [0.5, 0.6) is 0 Å². The topological polar surface area (TPSA) is 71.2 Å². The molecule has 5 heteroatoms. The Balaban J connectivity index is 1.97. The smallest absolute Gasteiger partial charge is 0.236 e. The van der Waals surface area contributed by atoms with Crippen LogP contribution in [-0.2, 0) is 11.3 Å². The molecule has 0 atom stereocenters. The van der Waals surface area contributed by atoms with Crippen LogP contribution in [0.15, 0.2) is 18.3 Å². The van der Waals surface area contributed by atoms with E-state index in [1.165, 1.54) is 18.4 Å². The molecule has 1 fully saturated rings. The molecule has 0 saturated heterocycles. The van der Waals surface area contributed by atoms with Crippen molar-refractivity contribution in [3.8, 4) is 0 Å². The molecular weight excluding hydrogens is 252 g/mol. The van der Waals surface area contributed by atoms with Crippen molar-refractivity contribution in [3.63, 3.8) is 0 Å². The van der Waals surface area contributed by atoms with Gasteiger partial charge in [-0.3, -0.25) is 4.79 Å². The number of hydrogen-bond acceptors (Lipinski definition) is 4. The molecule has 20 heavy (non-hydrogen) atoms. The van der Waals surface area contributed by atoms with E-state index < -0.39 is 0 Å². The summed E-state index contributed by atoms with van der Waals surface area (Å²) in [5.41, 5.74) is 6.48. The number of aromatic nitrogens is 1. The van der Waals surface area contributed by atoms with Gasteiger partial charge in [0.25, 0.3) is 0 Å². The van der Waals surface area contributed by atoms with Crippen molar-refractivity contribution < 1.29 is 4.79 Å². The lowest BCUT2D eigenvalue weighted by molar-refractivity contribution is -0.116. The highest BCUT2D eigenvalue weighted by molar-refractivity contribution is 5.79. The van der Waals surface area contributed by atoms with E-state index in [2.05, 4.69) is 30.2 Å². The Labute approximate surface area is 120 Å². The van der Waals surface area contributed by atoms with Gasteiger partial charge in [-0.25, -0.2) is 4.98 Å². The first-order valence-electron chi connectivity index (χ1n) is 7.26. The fourth-order valence-electron chi connectivity index (χ4n) is 2.13. The Morgan fingerprint density at radius 3 is 2.75 bits per heavy atom. The predicted molar refractivity (Wildman–Crippen MR) is 80.3 cm³/mol. The molecule has 1 saturated carbocycles. The average Bonchev–Trinajstić information content (AvgIpc) is 3.19. The van der Waals surface area contributed by atoms with Crippen LogP contribution < -0.4 is 16.0 Å². The molecule has 1 aliphatic rings. The van der Waals surface area contributed by atoms with Gasteiger partial charge in [0.2, 0.25) is 5.91 Å². The van der Waals surface area contributed by atoms with Gasteiger partial charge < -0.3 is 16.0 Å². The van der Waals surface area contributed by atoms with Crippen LogP contribution in [0, 0.1) is 5.92 Å². The number of primary amides is 1. The Hall–Kier alpha value is -1.62. The van der Waals surface area contributed by atoms with Gasteiger partial charge in [-0.2, -0.15) is 0 Å². The second-order valence-electron chi connectivity index (χ2n) is 5.92. The maximum absolute atomic E-state index is 11.2. The van der Waals surface area contributed by atoms with Crippen molar-refractivity contribution in [2.24, 2.45) is 11.7 Å². The first-order valence-corrected chi connectivity index (χ1v) is 7.26. The number of amides is 1. The van der Waals surface area contributed by atoms with Crippen LogP contribution in [-0.4, -0.2) is 30.0 Å². The minimum Gasteiger partial charge on any atom is -0.368 e. The molecule has 110 valence electrons. The number of nitrogens with one attached hydrogen (secondary N) is 1. The summed E-state index contributed by atoms with van der Waals surface area (Å²) in [6, 6.07) is 4.73. The molecule has 0 bridgehead atoms. The van der Waals surface area contributed by atoms with Crippen molar-refractivity contribution in [1.29, 1.82) is 0 Å². The SMILES string of the molecule is CC(C)CN(CC(N)=O)c1ccc(CNC2CC2)cn1. The van der Waals surface area contributed by atoms with E-state index in [-0.39, 0.29) is 12.5 Å². The Bertz CT molecular complexity index is 440. The van der Waals surface area contributed by atoms with Crippen LogP contribution in [0.3, 0.4) is 0 Å². The van der Waals surface area contributed by atoms with Gasteiger partial charge in [0.15, 0.2) is 0 Å². The summed E-state index contributed by atoms with van der Waals surface area (Å²) < 4.78 is 0. The van der Waals surface area contributed by atoms with Crippen LogP contribution in [0.4, 0.5) is 5.82 Å². The van der Waals surface area contributed by atoms with E-state index in [4.69, 9.17) is 5.73 Å². The van der Waals surface area contributed by atoms with Crippen molar-refractivity contribution in [2.45, 2.75) is 39.3 Å². The zero-order valence-corrected chi connectivity index (χ0v) is 12.3. The van der Waals surface area contributed by atoms with E-state index in [1.807, 2.05) is 17.2 Å². The molecule has 5 nitrogen and oxygen atoms in total. The number of carbonyl (C=O) groups is 1. The number of hydrogen-bond donors (Lipinski definition) is 2. The van der Waals surface area contributed by atoms with Crippen molar-refractivity contribution >= 4 is 11.7 Å². The molecule has 0 spiro atoms. The van der Waals surface area contributed by atoms with E-state index in [1.54, 1.807) is 0 Å². The molecule has 1 aromatic heterocycles. The van der Waals surface area contributed by atoms with Crippen LogP contribution in [0.1, 0.15) is 32.3 Å². The fourth-order valence-corrected chi connectivity index (χ4v) is 2.13. The number of carbonyl (C=O) groups excluding carboxylic acids is 1. The maximum atomic E-state index is 11.2. The Morgan fingerprint density at radius 1 is 1.50 bits per heavy atom. The minimum atomic E-state index is -0.327. The third kappa shape index (κ3) is 4.81. The van der Waals surface area contributed by atoms with Crippen molar-refractivity contribution in [3.05, 3.63) is 23.9 Å². The zero-order chi connectivity index (χ0) is 14.5. The molecule has 1 amide bonds. The number of nitrogens with two attached hydrogens (primary N) is 1. The van der Waals surface area contributed by atoms with Gasteiger partial charge >= 0.3 is 0 Å². The summed E-state index contributed by atoms with van der Waals surface area (Å²) in [7, 11) is 0. The molecular formula is C15H24N4O. The molecule has 1 aromatic rings. The third-order valence-corrected chi connectivity index (χ3v) is 3.24. The van der Waals surface area contributed by atoms with Gasteiger partial charge in [0, 0.05) is 25.3 Å². The number of anilines is 1. The highest BCUT2D eigenvalue weighted by Gasteiger charge is 2.20. The van der Waals surface area contributed by atoms with E-state index >= 15 is 0 Å². The summed E-state index contributed by atoms with van der Waals surface area (Å²) in [5, 5.41) is 3.46. The van der Waals surface area contributed by atoms with Gasteiger partial charge in [-0.15, -0.1) is 0 Å². The lowest BCUT2D eigenvalue weighted by Crippen LogP contribution is -2.36. The van der Waals surface area contributed by atoms with Crippen molar-refractivity contribution in [2.75, 3.05) is 18.0 Å². The summed E-state index contributed by atoms with van der Waals surface area (Å²) in [6.45, 7) is 6.07. The monoisotopic (exact) mass is 276 g/mol. The number of nitrogens with zero attached hydrogens (tertiary/aromatic N) is 2. The fraction of sp³-hybridized carbons (Fsp3) is 0.600. The van der Waals surface area contributed by atoms with Gasteiger partial charge in [0.05, 0.1) is 6.54 Å². The molecule has 0 aromatic carbocycles. The van der Waals surface area contributed by atoms with Crippen LogP contribution in [0.25, 0.3) is 0 Å². The van der Waals surface area contributed by atoms with Gasteiger partial charge in [-0.1, -0.05) is 19.9 Å². The highest BCUT2D eigenvalue weighted by Crippen LogP contribution is 2.19. The summed E-state index contributed by atoms with van der Waals surface area (Å²) in [6.07, 6.45) is 4.44. The second kappa shape index (κ2) is 6.70. The second-order valence-corrected chi connectivity index (χ2v) is 5.92. The van der Waals surface area contributed by atoms with Gasteiger partial charge in [0.1, 0.15) is 5.82 Å². The molecule has 0 unspecified atom stereocenters. The van der Waals surface area contributed by atoms with Crippen LogP contribution >= 0.6 is 0 Å². The highest BCUT2D eigenvalue weighted by atomic mass is 16.1. The number of pyridine rings is 1. The molecule has 1 aliphatic carbocycles. The Kier molecular flexibility index (Phi) is 4.95. The van der Waals surface area contributed by atoms with E-state index in [9.17, 15) is 4.79 Å².